The maximum Gasteiger partial charge on any atom is 0.243 e. The van der Waals surface area contributed by atoms with Gasteiger partial charge in [-0.25, -0.2) is 12.8 Å². The lowest BCUT2D eigenvalue weighted by Gasteiger charge is -2.20. The summed E-state index contributed by atoms with van der Waals surface area (Å²) in [5.74, 6) is -0.600. The van der Waals surface area contributed by atoms with E-state index in [1.807, 2.05) is 0 Å². The number of hydrogen-bond donors (Lipinski definition) is 0. The Balaban J connectivity index is 1.90. The molecule has 0 aromatic heterocycles. The molecule has 0 spiro atoms. The summed E-state index contributed by atoms with van der Waals surface area (Å²) in [5, 5.41) is 0.170. The second-order valence-corrected chi connectivity index (χ2v) is 8.66. The molecule has 0 aliphatic carbocycles. The van der Waals surface area contributed by atoms with Crippen LogP contribution in [0.1, 0.15) is 18.1 Å². The number of anilines is 1. The maximum absolute atomic E-state index is 13.2. The number of hydrogen-bond acceptors (Lipinski definition) is 3. The van der Waals surface area contributed by atoms with Crippen LogP contribution in [0.25, 0.3) is 0 Å². The van der Waals surface area contributed by atoms with Crippen LogP contribution in [0.15, 0.2) is 41.3 Å². The predicted molar refractivity (Wildman–Crippen MR) is 98.2 cm³/mol. The van der Waals surface area contributed by atoms with Crippen molar-refractivity contribution in [1.82, 2.24) is 4.31 Å². The average molecular weight is 397 g/mol. The van der Waals surface area contributed by atoms with Crippen LogP contribution in [0.4, 0.5) is 10.1 Å². The smallest absolute Gasteiger partial charge is 0.243 e. The first-order chi connectivity index (χ1) is 12.2. The largest absolute Gasteiger partial charge is 0.312 e. The van der Waals surface area contributed by atoms with Crippen molar-refractivity contribution in [2.45, 2.75) is 24.8 Å². The fourth-order valence-electron chi connectivity index (χ4n) is 3.00. The molecule has 1 aliphatic rings. The standard InChI is InChI=1S/C18H18ClFN2O3S/c1-12(23)22-8-7-13-4-6-16(10-18(13)22)26(24,25)21(2)11-14-3-5-15(20)9-17(14)19/h3-6,9-10H,7-8,11H2,1-2H3. The first-order valence-corrected chi connectivity index (χ1v) is 9.83. The molecule has 0 radical (unpaired) electrons. The van der Waals surface area contributed by atoms with Gasteiger partial charge in [-0.3, -0.25) is 4.79 Å². The minimum atomic E-state index is -3.79. The molecular formula is C18H18ClFN2O3S. The molecule has 0 bridgehead atoms. The molecule has 0 fully saturated rings. The number of fused-ring (bicyclic) bond motifs is 1. The van der Waals surface area contributed by atoms with Crippen molar-refractivity contribution in [2.75, 3.05) is 18.5 Å². The van der Waals surface area contributed by atoms with Gasteiger partial charge < -0.3 is 4.90 Å². The molecule has 26 heavy (non-hydrogen) atoms. The van der Waals surface area contributed by atoms with E-state index in [1.165, 1.54) is 32.2 Å². The molecular weight excluding hydrogens is 379 g/mol. The van der Waals surface area contributed by atoms with E-state index in [9.17, 15) is 17.6 Å². The molecule has 0 unspecified atom stereocenters. The van der Waals surface area contributed by atoms with Crippen molar-refractivity contribution in [1.29, 1.82) is 0 Å². The quantitative estimate of drug-likeness (QED) is 0.797. The second kappa shape index (κ2) is 6.98. The minimum Gasteiger partial charge on any atom is -0.312 e. The Kier molecular flexibility index (Phi) is 5.05. The number of amides is 1. The van der Waals surface area contributed by atoms with E-state index in [0.717, 1.165) is 15.9 Å². The third-order valence-electron chi connectivity index (χ3n) is 4.45. The number of carbonyl (C=O) groups is 1. The number of carbonyl (C=O) groups excluding carboxylic acids is 1. The highest BCUT2D eigenvalue weighted by Crippen LogP contribution is 2.32. The molecule has 138 valence electrons. The molecule has 1 amide bonds. The highest BCUT2D eigenvalue weighted by molar-refractivity contribution is 7.89. The number of nitrogens with zero attached hydrogens (tertiary/aromatic N) is 2. The topological polar surface area (TPSA) is 57.7 Å². The van der Waals surface area contributed by atoms with E-state index in [4.69, 9.17) is 11.6 Å². The first kappa shape index (κ1) is 18.8. The van der Waals surface area contributed by atoms with Gasteiger partial charge in [-0.05, 0) is 41.8 Å². The van der Waals surface area contributed by atoms with Gasteiger partial charge in [-0.1, -0.05) is 23.7 Å². The van der Waals surface area contributed by atoms with Crippen LogP contribution in [-0.2, 0) is 27.8 Å². The van der Waals surface area contributed by atoms with Crippen molar-refractivity contribution < 1.29 is 17.6 Å². The van der Waals surface area contributed by atoms with Crippen molar-refractivity contribution >= 4 is 33.2 Å². The molecule has 3 rings (SSSR count). The van der Waals surface area contributed by atoms with E-state index in [0.29, 0.717) is 24.2 Å². The van der Waals surface area contributed by atoms with Crippen LogP contribution >= 0.6 is 11.6 Å². The van der Waals surface area contributed by atoms with Crippen LogP contribution < -0.4 is 4.90 Å². The molecule has 5 nitrogen and oxygen atoms in total. The molecule has 8 heteroatoms. The lowest BCUT2D eigenvalue weighted by Crippen LogP contribution is -2.28. The third-order valence-corrected chi connectivity index (χ3v) is 6.60. The number of benzene rings is 2. The summed E-state index contributed by atoms with van der Waals surface area (Å²) < 4.78 is 40.1. The van der Waals surface area contributed by atoms with Gasteiger partial charge in [-0.15, -0.1) is 0 Å². The number of sulfonamides is 1. The van der Waals surface area contributed by atoms with Crippen LogP contribution in [0.5, 0.6) is 0 Å². The molecule has 2 aromatic carbocycles. The van der Waals surface area contributed by atoms with Gasteiger partial charge >= 0.3 is 0 Å². The van der Waals surface area contributed by atoms with Gasteiger partial charge in [0.25, 0.3) is 0 Å². The number of halogens is 2. The number of rotatable bonds is 4. The Labute approximate surface area is 157 Å². The lowest BCUT2D eigenvalue weighted by molar-refractivity contribution is -0.116. The Morgan fingerprint density at radius 1 is 1.27 bits per heavy atom. The highest BCUT2D eigenvalue weighted by atomic mass is 35.5. The van der Waals surface area contributed by atoms with Gasteiger partial charge in [-0.2, -0.15) is 4.31 Å². The van der Waals surface area contributed by atoms with E-state index >= 15 is 0 Å². The van der Waals surface area contributed by atoms with Crippen molar-refractivity contribution in [3.63, 3.8) is 0 Å². The Bertz CT molecular complexity index is 978. The zero-order valence-corrected chi connectivity index (χ0v) is 15.9. The van der Waals surface area contributed by atoms with E-state index in [-0.39, 0.29) is 22.4 Å². The molecule has 0 saturated carbocycles. The molecule has 2 aromatic rings. The van der Waals surface area contributed by atoms with Crippen LogP contribution in [0, 0.1) is 5.82 Å². The Morgan fingerprint density at radius 2 is 2.00 bits per heavy atom. The van der Waals surface area contributed by atoms with Gasteiger partial charge in [0, 0.05) is 37.8 Å². The van der Waals surface area contributed by atoms with Crippen molar-refractivity contribution in [3.8, 4) is 0 Å². The van der Waals surface area contributed by atoms with E-state index in [1.54, 1.807) is 17.0 Å². The van der Waals surface area contributed by atoms with Gasteiger partial charge in [0.05, 0.1) is 4.90 Å². The lowest BCUT2D eigenvalue weighted by atomic mass is 10.2. The SMILES string of the molecule is CC(=O)N1CCc2ccc(S(=O)(=O)N(C)Cc3ccc(F)cc3Cl)cc21. The summed E-state index contributed by atoms with van der Waals surface area (Å²) in [6.45, 7) is 2.02. The fourth-order valence-corrected chi connectivity index (χ4v) is 4.40. The van der Waals surface area contributed by atoms with E-state index in [2.05, 4.69) is 0 Å². The van der Waals surface area contributed by atoms with Gasteiger partial charge in [0.15, 0.2) is 0 Å². The summed E-state index contributed by atoms with van der Waals surface area (Å²) >= 11 is 5.99. The summed E-state index contributed by atoms with van der Waals surface area (Å²) in [5.41, 5.74) is 2.08. The highest BCUT2D eigenvalue weighted by Gasteiger charge is 2.27. The molecule has 1 heterocycles. The minimum absolute atomic E-state index is 0.00888. The van der Waals surface area contributed by atoms with Crippen molar-refractivity contribution in [3.05, 3.63) is 58.4 Å². The van der Waals surface area contributed by atoms with Gasteiger partial charge in [0.1, 0.15) is 5.82 Å². The Morgan fingerprint density at radius 3 is 2.65 bits per heavy atom. The van der Waals surface area contributed by atoms with Crippen LogP contribution in [-0.4, -0.2) is 32.2 Å². The summed E-state index contributed by atoms with van der Waals surface area (Å²) in [4.78, 5) is 13.4. The monoisotopic (exact) mass is 396 g/mol. The summed E-state index contributed by atoms with van der Waals surface area (Å²) in [6.07, 6.45) is 0.705. The van der Waals surface area contributed by atoms with Crippen LogP contribution in [0.3, 0.4) is 0 Å². The van der Waals surface area contributed by atoms with Gasteiger partial charge in [0.2, 0.25) is 15.9 Å². The summed E-state index contributed by atoms with van der Waals surface area (Å²) in [6, 6.07) is 8.66. The summed E-state index contributed by atoms with van der Waals surface area (Å²) in [7, 11) is -2.36. The van der Waals surface area contributed by atoms with Crippen LogP contribution in [0.2, 0.25) is 5.02 Å². The third kappa shape index (κ3) is 3.47. The first-order valence-electron chi connectivity index (χ1n) is 8.01. The average Bonchev–Trinajstić information content (AvgIpc) is 3.00. The Hall–Kier alpha value is -1.96. The second-order valence-electron chi connectivity index (χ2n) is 6.21. The zero-order chi connectivity index (χ0) is 19.1. The molecule has 0 saturated heterocycles. The normalized spacial score (nSPS) is 14.0. The molecule has 1 aliphatic heterocycles. The van der Waals surface area contributed by atoms with Crippen molar-refractivity contribution in [2.24, 2.45) is 0 Å². The maximum atomic E-state index is 13.2. The molecule has 0 N–H and O–H groups in total. The fraction of sp³-hybridized carbons (Fsp3) is 0.278. The van der Waals surface area contributed by atoms with E-state index < -0.39 is 15.8 Å². The molecule has 0 atom stereocenters. The predicted octanol–water partition coefficient (Wildman–Crippen LogP) is 3.21. The zero-order valence-electron chi connectivity index (χ0n) is 14.4.